The van der Waals surface area contributed by atoms with Gasteiger partial charge in [0.05, 0.1) is 6.42 Å². The molecule has 1 unspecified atom stereocenters. The fourth-order valence-electron chi connectivity index (χ4n) is 3.27. The highest BCUT2D eigenvalue weighted by Crippen LogP contribution is 2.29. The van der Waals surface area contributed by atoms with Gasteiger partial charge in [0.25, 0.3) is 5.91 Å². The fourth-order valence-corrected chi connectivity index (χ4v) is 3.27. The van der Waals surface area contributed by atoms with E-state index < -0.39 is 5.54 Å². The zero-order valence-electron chi connectivity index (χ0n) is 12.3. The molecule has 0 radical (unpaired) electrons. The molecule has 3 aliphatic rings. The van der Waals surface area contributed by atoms with Gasteiger partial charge in [0.2, 0.25) is 5.91 Å². The van der Waals surface area contributed by atoms with Crippen LogP contribution in [0.15, 0.2) is 29.4 Å². The van der Waals surface area contributed by atoms with Crippen molar-refractivity contribution in [3.05, 3.63) is 24.4 Å². The molecule has 5 heteroatoms. The molecule has 0 saturated heterocycles. The van der Waals surface area contributed by atoms with Gasteiger partial charge in [0.1, 0.15) is 11.4 Å². The third-order valence-corrected chi connectivity index (χ3v) is 4.53. The Bertz CT molecular complexity index is 544. The number of hydrogen-bond donors (Lipinski definition) is 1. The van der Waals surface area contributed by atoms with Crippen molar-refractivity contribution in [1.29, 1.82) is 0 Å². The smallest absolute Gasteiger partial charge is 0.250 e. The molecule has 0 aromatic carbocycles. The molecule has 1 fully saturated rings. The minimum absolute atomic E-state index is 0.0740. The predicted octanol–water partition coefficient (Wildman–Crippen LogP) is 1.91. The van der Waals surface area contributed by atoms with Crippen LogP contribution in [0, 0.1) is 0 Å². The number of carbonyl (C=O) groups excluding carboxylic acids is 2. The van der Waals surface area contributed by atoms with E-state index in [2.05, 4.69) is 10.3 Å². The highest BCUT2D eigenvalue weighted by molar-refractivity contribution is 6.09. The van der Waals surface area contributed by atoms with Gasteiger partial charge in [-0.1, -0.05) is 25.3 Å². The summed E-state index contributed by atoms with van der Waals surface area (Å²) < 4.78 is 0. The second-order valence-electron chi connectivity index (χ2n) is 6.19. The molecule has 2 amide bonds. The minimum Gasteiger partial charge on any atom is -0.351 e. The van der Waals surface area contributed by atoms with Crippen LogP contribution in [0.3, 0.4) is 0 Å². The standard InChI is InChI=1S/C16H21N3O2/c1-16(15(21)17-12-7-3-2-4-8-12)11-14(20)18-13-9-5-6-10-19(13)16/h5-6,9-10,12H,2-4,7-8,11H2,1H3,(H,17,21). The number of nitrogens with zero attached hydrogens (tertiary/aromatic N) is 2. The van der Waals surface area contributed by atoms with Crippen LogP contribution < -0.4 is 5.32 Å². The average molecular weight is 287 g/mol. The van der Waals surface area contributed by atoms with Gasteiger partial charge in [0.15, 0.2) is 0 Å². The van der Waals surface area contributed by atoms with Gasteiger partial charge in [-0.2, -0.15) is 4.99 Å². The van der Waals surface area contributed by atoms with Gasteiger partial charge in [0, 0.05) is 12.2 Å². The van der Waals surface area contributed by atoms with Crippen LogP contribution in [0.5, 0.6) is 0 Å². The molecular formula is C16H21N3O2. The van der Waals surface area contributed by atoms with Crippen molar-refractivity contribution in [2.75, 3.05) is 0 Å². The number of aliphatic imine (C=N–C) groups is 1. The molecule has 1 N–H and O–H groups in total. The normalized spacial score (nSPS) is 29.1. The predicted molar refractivity (Wildman–Crippen MR) is 80.6 cm³/mol. The summed E-state index contributed by atoms with van der Waals surface area (Å²) >= 11 is 0. The number of hydrogen-bond acceptors (Lipinski definition) is 3. The Hall–Kier alpha value is -1.91. The number of nitrogens with one attached hydrogen (secondary N) is 1. The van der Waals surface area contributed by atoms with E-state index in [-0.39, 0.29) is 24.3 Å². The van der Waals surface area contributed by atoms with E-state index in [1.54, 1.807) is 6.08 Å². The van der Waals surface area contributed by atoms with Crippen molar-refractivity contribution in [1.82, 2.24) is 10.2 Å². The van der Waals surface area contributed by atoms with E-state index in [0.29, 0.717) is 5.84 Å². The Kier molecular flexibility index (Phi) is 3.66. The molecule has 21 heavy (non-hydrogen) atoms. The molecule has 0 bridgehead atoms. The number of fused-ring (bicyclic) bond motifs is 1. The van der Waals surface area contributed by atoms with E-state index in [0.717, 1.165) is 12.8 Å². The molecule has 2 heterocycles. The lowest BCUT2D eigenvalue weighted by molar-refractivity contribution is -0.135. The average Bonchev–Trinajstić information content (AvgIpc) is 2.48. The molecule has 3 rings (SSSR count). The monoisotopic (exact) mass is 287 g/mol. The van der Waals surface area contributed by atoms with Crippen molar-refractivity contribution in [2.24, 2.45) is 4.99 Å². The van der Waals surface area contributed by atoms with Crippen LogP contribution >= 0.6 is 0 Å². The number of carbonyl (C=O) groups is 2. The third-order valence-electron chi connectivity index (χ3n) is 4.53. The van der Waals surface area contributed by atoms with Gasteiger partial charge in [-0.15, -0.1) is 0 Å². The lowest BCUT2D eigenvalue weighted by atomic mass is 9.89. The van der Waals surface area contributed by atoms with Gasteiger partial charge in [-0.25, -0.2) is 0 Å². The van der Waals surface area contributed by atoms with Crippen molar-refractivity contribution in [2.45, 2.75) is 57.0 Å². The van der Waals surface area contributed by atoms with Crippen LogP contribution in [-0.4, -0.2) is 34.1 Å². The highest BCUT2D eigenvalue weighted by Gasteiger charge is 2.45. The quantitative estimate of drug-likeness (QED) is 0.844. The topological polar surface area (TPSA) is 61.8 Å². The molecule has 2 aliphatic heterocycles. The van der Waals surface area contributed by atoms with Crippen molar-refractivity contribution < 1.29 is 9.59 Å². The minimum atomic E-state index is -0.882. The first-order valence-corrected chi connectivity index (χ1v) is 7.66. The van der Waals surface area contributed by atoms with Crippen molar-refractivity contribution >= 4 is 17.6 Å². The maximum Gasteiger partial charge on any atom is 0.250 e. The lowest BCUT2D eigenvalue weighted by Crippen LogP contribution is -2.61. The maximum absolute atomic E-state index is 12.8. The Labute approximate surface area is 124 Å². The molecule has 0 aromatic rings. The summed E-state index contributed by atoms with van der Waals surface area (Å²) in [5.41, 5.74) is -0.882. The number of amidine groups is 1. The van der Waals surface area contributed by atoms with Crippen LogP contribution in [0.4, 0.5) is 0 Å². The highest BCUT2D eigenvalue weighted by atomic mass is 16.2. The van der Waals surface area contributed by atoms with Crippen molar-refractivity contribution in [3.63, 3.8) is 0 Å². The summed E-state index contributed by atoms with van der Waals surface area (Å²) in [4.78, 5) is 30.5. The summed E-state index contributed by atoms with van der Waals surface area (Å²) in [5.74, 6) is 0.243. The SMILES string of the molecule is CC1(C(=O)NC2CCCCC2)CC(=O)N=C2C=CC=CN21. The van der Waals surface area contributed by atoms with Gasteiger partial charge in [-0.3, -0.25) is 9.59 Å². The molecule has 0 spiro atoms. The summed E-state index contributed by atoms with van der Waals surface area (Å²) in [7, 11) is 0. The molecule has 0 aromatic heterocycles. The molecule has 112 valence electrons. The summed E-state index contributed by atoms with van der Waals surface area (Å²) in [6.45, 7) is 1.82. The second-order valence-corrected chi connectivity index (χ2v) is 6.19. The Morgan fingerprint density at radius 3 is 2.86 bits per heavy atom. The first kappa shape index (κ1) is 14.0. The van der Waals surface area contributed by atoms with Crippen LogP contribution in [0.25, 0.3) is 0 Å². The Morgan fingerprint density at radius 2 is 2.10 bits per heavy atom. The first-order valence-electron chi connectivity index (χ1n) is 7.66. The summed E-state index contributed by atoms with van der Waals surface area (Å²) in [5, 5.41) is 3.14. The van der Waals surface area contributed by atoms with Crippen LogP contribution in [0.2, 0.25) is 0 Å². The Balaban J connectivity index is 1.80. The number of amides is 2. The van der Waals surface area contributed by atoms with E-state index in [9.17, 15) is 9.59 Å². The van der Waals surface area contributed by atoms with Crippen molar-refractivity contribution in [3.8, 4) is 0 Å². The van der Waals surface area contributed by atoms with E-state index >= 15 is 0 Å². The van der Waals surface area contributed by atoms with Gasteiger partial charge in [-0.05, 0) is 31.9 Å². The number of allylic oxidation sites excluding steroid dienone is 2. The van der Waals surface area contributed by atoms with Crippen LogP contribution in [0.1, 0.15) is 45.4 Å². The second kappa shape index (κ2) is 5.47. The van der Waals surface area contributed by atoms with Gasteiger partial charge < -0.3 is 10.2 Å². The molecule has 1 aliphatic carbocycles. The number of rotatable bonds is 2. The molecular weight excluding hydrogens is 266 g/mol. The van der Waals surface area contributed by atoms with Crippen LogP contribution in [-0.2, 0) is 9.59 Å². The first-order chi connectivity index (χ1) is 10.1. The largest absolute Gasteiger partial charge is 0.351 e. The molecule has 5 nitrogen and oxygen atoms in total. The lowest BCUT2D eigenvalue weighted by Gasteiger charge is -2.42. The summed E-state index contributed by atoms with van der Waals surface area (Å²) in [6, 6.07) is 0.241. The third kappa shape index (κ3) is 2.64. The zero-order chi connectivity index (χ0) is 14.9. The molecule has 1 atom stereocenters. The van der Waals surface area contributed by atoms with E-state index in [4.69, 9.17) is 0 Å². The summed E-state index contributed by atoms with van der Waals surface area (Å²) in [6.07, 6.45) is 13.0. The molecule has 1 saturated carbocycles. The fraction of sp³-hybridized carbons (Fsp3) is 0.562. The Morgan fingerprint density at radius 1 is 1.33 bits per heavy atom. The zero-order valence-corrected chi connectivity index (χ0v) is 12.3. The van der Waals surface area contributed by atoms with E-state index in [1.807, 2.05) is 30.2 Å². The van der Waals surface area contributed by atoms with E-state index in [1.165, 1.54) is 19.3 Å². The van der Waals surface area contributed by atoms with Gasteiger partial charge >= 0.3 is 0 Å². The maximum atomic E-state index is 12.8.